The first kappa shape index (κ1) is 30.3. The summed E-state index contributed by atoms with van der Waals surface area (Å²) < 4.78 is 0. The average molecular weight is 697 g/mol. The van der Waals surface area contributed by atoms with E-state index in [2.05, 4.69) is 194 Å². The summed E-state index contributed by atoms with van der Waals surface area (Å²) in [6.07, 6.45) is 0. The van der Waals surface area contributed by atoms with Gasteiger partial charge in [0.05, 0.1) is 16.6 Å². The lowest BCUT2D eigenvalue weighted by Gasteiger charge is -2.32. The van der Waals surface area contributed by atoms with Crippen LogP contribution < -0.4 is 0 Å². The van der Waals surface area contributed by atoms with Crippen molar-refractivity contribution in [3.8, 4) is 56.0 Å². The summed E-state index contributed by atoms with van der Waals surface area (Å²) in [6.45, 7) is 0. The second-order valence-electron chi connectivity index (χ2n) is 14.8. The Bertz CT molecular complexity index is 3110. The third-order valence-corrected chi connectivity index (χ3v) is 12.1. The molecule has 0 aliphatic heterocycles. The zero-order valence-corrected chi connectivity index (χ0v) is 29.9. The minimum absolute atomic E-state index is 0.540. The fourth-order valence-electron chi connectivity index (χ4n) is 9.85. The molecule has 2 heteroatoms. The van der Waals surface area contributed by atoms with Gasteiger partial charge in [0.1, 0.15) is 0 Å². The van der Waals surface area contributed by atoms with E-state index in [-0.39, 0.29) is 0 Å². The molecule has 0 saturated heterocycles. The molecule has 10 aromatic rings. The highest BCUT2D eigenvalue weighted by Gasteiger charge is 2.53. The van der Waals surface area contributed by atoms with Crippen LogP contribution >= 0.6 is 0 Å². The standard InChI is InChI=1S/C53H32N2/c1-2-13-33(14-3-1)34-25-27-37(28-26-34)51-43-20-9-11-24-47(43)54-52(55-51)44-21-12-23-46-48(44)42-19-8-10-22-45(42)53(46)49-38-17-6-4-15-35(38)29-31-40(49)41-32-30-36-16-5-7-18-39(36)50(41)53/h1-32H. The van der Waals surface area contributed by atoms with Gasteiger partial charge < -0.3 is 0 Å². The van der Waals surface area contributed by atoms with Crippen LogP contribution in [0.5, 0.6) is 0 Å². The largest absolute Gasteiger partial charge is 0.228 e. The summed E-state index contributed by atoms with van der Waals surface area (Å²) in [5, 5.41) is 6.12. The SMILES string of the molecule is c1ccc(-c2ccc(-c3nc(-c4cccc5c4-c4ccccc4C54c5c(ccc6ccccc56)-c5ccc6ccccc6c54)nc4ccccc34)cc2)cc1. The van der Waals surface area contributed by atoms with Crippen molar-refractivity contribution in [3.63, 3.8) is 0 Å². The van der Waals surface area contributed by atoms with Crippen LogP contribution in [0.1, 0.15) is 22.3 Å². The maximum atomic E-state index is 5.49. The number of aromatic nitrogens is 2. The highest BCUT2D eigenvalue weighted by molar-refractivity contribution is 6.10. The van der Waals surface area contributed by atoms with Gasteiger partial charge >= 0.3 is 0 Å². The number of para-hydroxylation sites is 1. The van der Waals surface area contributed by atoms with Crippen LogP contribution in [0.15, 0.2) is 194 Å². The minimum atomic E-state index is -0.540. The molecular weight excluding hydrogens is 665 g/mol. The Balaban J connectivity index is 1.16. The van der Waals surface area contributed by atoms with E-state index >= 15 is 0 Å². The number of hydrogen-bond donors (Lipinski definition) is 0. The van der Waals surface area contributed by atoms with Crippen molar-refractivity contribution in [1.82, 2.24) is 9.97 Å². The summed E-state index contributed by atoms with van der Waals surface area (Å²) in [7, 11) is 0. The Morgan fingerprint density at radius 3 is 1.60 bits per heavy atom. The Labute approximate surface area is 319 Å². The molecule has 254 valence electrons. The number of benzene rings is 9. The molecule has 0 N–H and O–H groups in total. The van der Waals surface area contributed by atoms with Crippen molar-refractivity contribution < 1.29 is 0 Å². The first-order chi connectivity index (χ1) is 27.3. The molecule has 1 aromatic heterocycles. The highest BCUT2D eigenvalue weighted by atomic mass is 14.9. The lowest BCUT2D eigenvalue weighted by Crippen LogP contribution is -2.26. The first-order valence-corrected chi connectivity index (χ1v) is 19.0. The predicted octanol–water partition coefficient (Wildman–Crippen LogP) is 13.3. The van der Waals surface area contributed by atoms with E-state index in [9.17, 15) is 0 Å². The Morgan fingerprint density at radius 1 is 0.327 bits per heavy atom. The van der Waals surface area contributed by atoms with Crippen LogP contribution in [-0.4, -0.2) is 9.97 Å². The quantitative estimate of drug-likeness (QED) is 0.184. The van der Waals surface area contributed by atoms with E-state index < -0.39 is 5.41 Å². The van der Waals surface area contributed by atoms with Gasteiger partial charge in [-0.05, 0) is 83.2 Å². The summed E-state index contributed by atoms with van der Waals surface area (Å²) in [5.74, 6) is 0.735. The highest BCUT2D eigenvalue weighted by Crippen LogP contribution is 2.66. The summed E-state index contributed by atoms with van der Waals surface area (Å²) in [6, 6.07) is 70.7. The van der Waals surface area contributed by atoms with Gasteiger partial charge in [-0.1, -0.05) is 188 Å². The van der Waals surface area contributed by atoms with Gasteiger partial charge in [-0.3, -0.25) is 0 Å². The molecule has 9 aromatic carbocycles. The van der Waals surface area contributed by atoms with E-state index in [1.165, 1.54) is 77.2 Å². The lowest BCUT2D eigenvalue weighted by atomic mass is 9.68. The van der Waals surface area contributed by atoms with E-state index in [0.717, 1.165) is 33.5 Å². The fraction of sp³-hybridized carbons (Fsp3) is 0.0189. The van der Waals surface area contributed by atoms with Crippen molar-refractivity contribution in [3.05, 3.63) is 216 Å². The smallest absolute Gasteiger partial charge is 0.161 e. The zero-order valence-electron chi connectivity index (χ0n) is 29.9. The molecule has 0 radical (unpaired) electrons. The van der Waals surface area contributed by atoms with E-state index in [0.29, 0.717) is 0 Å². The van der Waals surface area contributed by atoms with Crippen molar-refractivity contribution in [2.45, 2.75) is 5.41 Å². The van der Waals surface area contributed by atoms with Crippen LogP contribution in [0.2, 0.25) is 0 Å². The van der Waals surface area contributed by atoms with Crippen molar-refractivity contribution >= 4 is 32.4 Å². The predicted molar refractivity (Wildman–Crippen MR) is 227 cm³/mol. The molecule has 0 fully saturated rings. The van der Waals surface area contributed by atoms with Crippen LogP contribution in [0, 0.1) is 0 Å². The first-order valence-electron chi connectivity index (χ1n) is 19.0. The summed E-state index contributed by atoms with van der Waals surface area (Å²) in [5.41, 5.74) is 16.2. The maximum Gasteiger partial charge on any atom is 0.161 e. The molecule has 12 rings (SSSR count). The lowest BCUT2D eigenvalue weighted by molar-refractivity contribution is 0.809. The molecule has 2 nitrogen and oxygen atoms in total. The molecule has 2 aliphatic rings. The van der Waals surface area contributed by atoms with Crippen molar-refractivity contribution in [2.75, 3.05) is 0 Å². The van der Waals surface area contributed by atoms with Gasteiger partial charge in [0.2, 0.25) is 0 Å². The van der Waals surface area contributed by atoms with Gasteiger partial charge in [0, 0.05) is 16.5 Å². The average Bonchev–Trinajstić information content (AvgIpc) is 3.74. The summed E-state index contributed by atoms with van der Waals surface area (Å²) in [4.78, 5) is 10.8. The molecule has 0 amide bonds. The van der Waals surface area contributed by atoms with Crippen molar-refractivity contribution in [1.29, 1.82) is 0 Å². The van der Waals surface area contributed by atoms with E-state index in [1.54, 1.807) is 0 Å². The van der Waals surface area contributed by atoms with Crippen molar-refractivity contribution in [2.24, 2.45) is 0 Å². The van der Waals surface area contributed by atoms with Crippen LogP contribution in [0.4, 0.5) is 0 Å². The second-order valence-corrected chi connectivity index (χ2v) is 14.8. The number of nitrogens with zero attached hydrogens (tertiary/aromatic N) is 2. The minimum Gasteiger partial charge on any atom is -0.228 e. The van der Waals surface area contributed by atoms with Crippen LogP contribution in [0.25, 0.3) is 88.5 Å². The molecule has 2 aliphatic carbocycles. The van der Waals surface area contributed by atoms with Gasteiger partial charge in [-0.15, -0.1) is 0 Å². The molecule has 0 saturated carbocycles. The second kappa shape index (κ2) is 11.4. The number of rotatable bonds is 3. The van der Waals surface area contributed by atoms with Crippen LogP contribution in [-0.2, 0) is 5.41 Å². The number of fused-ring (bicyclic) bond motifs is 15. The molecule has 1 heterocycles. The molecular formula is C53H32N2. The maximum absolute atomic E-state index is 5.49. The zero-order chi connectivity index (χ0) is 36.1. The third kappa shape index (κ3) is 4.14. The van der Waals surface area contributed by atoms with Gasteiger partial charge in [-0.2, -0.15) is 0 Å². The Hall–Kier alpha value is -7.16. The molecule has 0 bridgehead atoms. The van der Waals surface area contributed by atoms with Gasteiger partial charge in [0.25, 0.3) is 0 Å². The molecule has 0 unspecified atom stereocenters. The van der Waals surface area contributed by atoms with Crippen LogP contribution in [0.3, 0.4) is 0 Å². The molecule has 55 heavy (non-hydrogen) atoms. The van der Waals surface area contributed by atoms with E-state index in [4.69, 9.17) is 9.97 Å². The molecule has 0 atom stereocenters. The Morgan fingerprint density at radius 2 is 0.873 bits per heavy atom. The Kier molecular flexibility index (Phi) is 6.29. The van der Waals surface area contributed by atoms with Gasteiger partial charge in [0.15, 0.2) is 5.82 Å². The topological polar surface area (TPSA) is 25.8 Å². The summed E-state index contributed by atoms with van der Waals surface area (Å²) >= 11 is 0. The van der Waals surface area contributed by atoms with Gasteiger partial charge in [-0.25, -0.2) is 9.97 Å². The number of hydrogen-bond acceptors (Lipinski definition) is 2. The fourth-order valence-corrected chi connectivity index (χ4v) is 9.85. The normalized spacial score (nSPS) is 13.2. The molecule has 1 spiro atoms. The monoisotopic (exact) mass is 696 g/mol. The third-order valence-electron chi connectivity index (χ3n) is 12.1. The van der Waals surface area contributed by atoms with E-state index in [1.807, 2.05) is 0 Å².